The molecule has 62 heavy (non-hydrogen) atoms. The molecule has 0 saturated heterocycles. The number of ether oxygens (including phenoxy) is 4. The van der Waals surface area contributed by atoms with Gasteiger partial charge in [-0.2, -0.15) is 10.2 Å². The normalized spacial score (nSPS) is 10.4. The summed E-state index contributed by atoms with van der Waals surface area (Å²) in [5, 5.41) is 24.1. The first-order chi connectivity index (χ1) is 27.9. The Hall–Kier alpha value is -7.01. The fraction of sp³-hybridized carbons (Fsp3) is 0.211. The lowest BCUT2D eigenvalue weighted by atomic mass is 10.2. The summed E-state index contributed by atoms with van der Waals surface area (Å²) in [4.78, 5) is 31.0. The van der Waals surface area contributed by atoms with Gasteiger partial charge in [-0.05, 0) is 60.7 Å². The van der Waals surface area contributed by atoms with Gasteiger partial charge in [0.05, 0.1) is 44.0 Å². The van der Waals surface area contributed by atoms with Gasteiger partial charge in [0.2, 0.25) is 0 Å². The molecule has 0 bridgehead atoms. The van der Waals surface area contributed by atoms with Crippen LogP contribution in [0, 0.1) is 11.6 Å². The second-order valence-corrected chi connectivity index (χ2v) is 11.2. The number of carbonyl (C=O) groups is 2. The molecule has 2 aromatic heterocycles. The number of rotatable bonds is 11. The number of hydrogen-bond acceptors (Lipinski definition) is 11. The van der Waals surface area contributed by atoms with E-state index in [1.807, 2.05) is 0 Å². The molecular formula is C38H39ClF8N8O7. The summed E-state index contributed by atoms with van der Waals surface area (Å²) in [5.74, 6) is -2.37. The topological polar surface area (TPSA) is 212 Å². The maximum Gasteiger partial charge on any atom is 0.573 e. The van der Waals surface area contributed by atoms with Gasteiger partial charge >= 0.3 is 18.7 Å². The number of nitrogens with two attached hydrogens (primary N) is 1. The van der Waals surface area contributed by atoms with Gasteiger partial charge < -0.3 is 35.1 Å². The average molecular weight is 907 g/mol. The summed E-state index contributed by atoms with van der Waals surface area (Å²) in [5.41, 5.74) is 5.38. The second kappa shape index (κ2) is 23.7. The molecule has 6 rings (SSSR count). The minimum atomic E-state index is -4.93. The van der Waals surface area contributed by atoms with E-state index in [9.17, 15) is 44.7 Å². The molecular weight excluding hydrogens is 868 g/mol. The number of carbonyl (C=O) groups excluding carboxylic acids is 1. The quantitative estimate of drug-likeness (QED) is 0.0775. The Kier molecular flexibility index (Phi) is 20.3. The Bertz CT molecular complexity index is 2360. The molecule has 0 saturated carbocycles. The molecule has 336 valence electrons. The van der Waals surface area contributed by atoms with Gasteiger partial charge in [0.25, 0.3) is 5.91 Å². The minimum absolute atomic E-state index is 0. The number of aromatic carboxylic acids is 1. The average Bonchev–Trinajstić information content (AvgIpc) is 3.87. The summed E-state index contributed by atoms with van der Waals surface area (Å²) < 4.78 is 117. The minimum Gasteiger partial charge on any atom is -0.496 e. The molecule has 0 fully saturated rings. The third kappa shape index (κ3) is 15.5. The van der Waals surface area contributed by atoms with Crippen molar-refractivity contribution in [2.45, 2.75) is 40.7 Å². The van der Waals surface area contributed by atoms with Crippen LogP contribution in [-0.2, 0) is 13.1 Å². The molecule has 0 unspecified atom stereocenters. The summed E-state index contributed by atoms with van der Waals surface area (Å²) in [6.45, 7) is 0.0917. The Morgan fingerprint density at radius 2 is 1.10 bits per heavy atom. The first-order valence-electron chi connectivity index (χ1n) is 16.3. The van der Waals surface area contributed by atoms with E-state index in [0.29, 0.717) is 34.3 Å². The van der Waals surface area contributed by atoms with E-state index in [-0.39, 0.29) is 63.4 Å². The highest BCUT2D eigenvalue weighted by Gasteiger charge is 2.33. The number of aromatic nitrogens is 6. The van der Waals surface area contributed by atoms with Crippen LogP contribution >= 0.6 is 12.4 Å². The molecule has 4 aromatic carbocycles. The van der Waals surface area contributed by atoms with Crippen molar-refractivity contribution in [2.24, 2.45) is 5.73 Å². The summed E-state index contributed by atoms with van der Waals surface area (Å²) in [7, 11) is 2.91. The number of amides is 1. The van der Waals surface area contributed by atoms with Gasteiger partial charge in [0.1, 0.15) is 51.8 Å². The van der Waals surface area contributed by atoms with E-state index in [1.54, 1.807) is 0 Å². The van der Waals surface area contributed by atoms with E-state index in [0.717, 1.165) is 18.2 Å². The van der Waals surface area contributed by atoms with Crippen molar-refractivity contribution < 1.29 is 68.8 Å². The lowest BCUT2D eigenvalue weighted by Crippen LogP contribution is -2.26. The van der Waals surface area contributed by atoms with E-state index >= 15 is 0 Å². The standard InChI is InChI=1S/C18H14F4N4O3.C10H11FN4O.C8H5F3O3.2CH4.ClH/c1-28-13-7-6-10(19)8-12(13)16-24-15(25-26-16)9-23-17(27)11-4-2-3-5-14(11)29-18(20,21)22;1-16-8-3-2-6(11)4-7(8)10-13-9(5-12)14-15-10;9-8(10,11)14-6-4-2-1-3-5(6)7(12)13;;;/h2-8H,9H2,1H3,(H,23,27)(H,24,25,26);2-4H,5,12H2,1H3,(H,13,14,15);1-4H,(H,12,13);2*1H4;1H. The lowest BCUT2D eigenvalue weighted by Gasteiger charge is -2.12. The van der Waals surface area contributed by atoms with Crippen molar-refractivity contribution in [3.63, 3.8) is 0 Å². The van der Waals surface area contributed by atoms with Crippen molar-refractivity contribution in [3.05, 3.63) is 119 Å². The monoisotopic (exact) mass is 906 g/mol. The third-order valence-corrected chi connectivity index (χ3v) is 7.18. The van der Waals surface area contributed by atoms with Crippen molar-refractivity contribution in [1.29, 1.82) is 0 Å². The highest BCUT2D eigenvalue weighted by Crippen LogP contribution is 2.30. The van der Waals surface area contributed by atoms with Crippen LogP contribution in [0.5, 0.6) is 23.0 Å². The summed E-state index contributed by atoms with van der Waals surface area (Å²) in [6.07, 6.45) is -9.81. The molecule has 0 aliphatic rings. The molecule has 15 nitrogen and oxygen atoms in total. The highest BCUT2D eigenvalue weighted by molar-refractivity contribution is 5.96. The second-order valence-electron chi connectivity index (χ2n) is 11.2. The van der Waals surface area contributed by atoms with Crippen LogP contribution in [0.3, 0.4) is 0 Å². The Morgan fingerprint density at radius 1 is 0.677 bits per heavy atom. The van der Waals surface area contributed by atoms with Gasteiger partial charge in [-0.25, -0.2) is 23.5 Å². The van der Waals surface area contributed by atoms with Crippen LogP contribution in [-0.4, -0.2) is 74.3 Å². The first kappa shape index (κ1) is 53.0. The van der Waals surface area contributed by atoms with Gasteiger partial charge in [-0.1, -0.05) is 39.1 Å². The van der Waals surface area contributed by atoms with Crippen molar-refractivity contribution in [1.82, 2.24) is 35.7 Å². The Balaban J connectivity index is 0.000000496. The van der Waals surface area contributed by atoms with Crippen LogP contribution < -0.4 is 30.0 Å². The number of carboxylic acid groups (broad SMARTS) is 1. The number of halogens is 9. The Labute approximate surface area is 354 Å². The maximum absolute atomic E-state index is 13.5. The van der Waals surface area contributed by atoms with E-state index in [2.05, 4.69) is 45.2 Å². The summed E-state index contributed by atoms with van der Waals surface area (Å²) >= 11 is 0. The number of hydrogen-bond donors (Lipinski definition) is 5. The molecule has 0 radical (unpaired) electrons. The van der Waals surface area contributed by atoms with Crippen LogP contribution in [0.2, 0.25) is 0 Å². The van der Waals surface area contributed by atoms with Gasteiger partial charge in [-0.15, -0.1) is 38.7 Å². The smallest absolute Gasteiger partial charge is 0.496 e. The van der Waals surface area contributed by atoms with Crippen LogP contribution in [0.15, 0.2) is 84.9 Å². The molecule has 0 atom stereocenters. The lowest BCUT2D eigenvalue weighted by molar-refractivity contribution is -0.275. The third-order valence-electron chi connectivity index (χ3n) is 7.18. The zero-order chi connectivity index (χ0) is 43.3. The number of benzene rings is 4. The molecule has 1 amide bonds. The Morgan fingerprint density at radius 3 is 1.52 bits per heavy atom. The van der Waals surface area contributed by atoms with Crippen molar-refractivity contribution >= 4 is 24.3 Å². The van der Waals surface area contributed by atoms with Gasteiger partial charge in [0.15, 0.2) is 11.6 Å². The molecule has 6 aromatic rings. The fourth-order valence-corrected chi connectivity index (χ4v) is 4.70. The van der Waals surface area contributed by atoms with Gasteiger partial charge in [0, 0.05) is 0 Å². The highest BCUT2D eigenvalue weighted by atomic mass is 35.5. The van der Waals surface area contributed by atoms with Gasteiger partial charge in [-0.3, -0.25) is 15.0 Å². The van der Waals surface area contributed by atoms with E-state index < -0.39 is 47.5 Å². The number of aromatic amines is 2. The van der Waals surface area contributed by atoms with Crippen LogP contribution in [0.1, 0.15) is 47.2 Å². The SMILES string of the molecule is C.C.COc1ccc(F)cc1-c1n[nH]c(CN)n1.COc1ccc(F)cc1-c1n[nH]c(CNC(=O)c2ccccc2OC(F)(F)F)n1.Cl.O=C(O)c1ccccc1OC(F)(F)F. The number of alkyl halides is 6. The van der Waals surface area contributed by atoms with Crippen LogP contribution in [0.4, 0.5) is 35.1 Å². The van der Waals surface area contributed by atoms with Crippen molar-refractivity contribution in [3.8, 4) is 45.8 Å². The number of para-hydroxylation sites is 2. The van der Waals surface area contributed by atoms with Crippen molar-refractivity contribution in [2.75, 3.05) is 14.2 Å². The number of nitrogens with zero attached hydrogens (tertiary/aromatic N) is 4. The number of carboxylic acids is 1. The molecule has 0 aliphatic carbocycles. The molecule has 0 spiro atoms. The molecule has 24 heteroatoms. The molecule has 0 aliphatic heterocycles. The zero-order valence-electron chi connectivity index (χ0n) is 30.7. The largest absolute Gasteiger partial charge is 0.573 e. The summed E-state index contributed by atoms with van der Waals surface area (Å²) in [6, 6.07) is 17.5. The zero-order valence-corrected chi connectivity index (χ0v) is 31.5. The van der Waals surface area contributed by atoms with E-state index in [4.69, 9.17) is 20.3 Å². The maximum atomic E-state index is 13.5. The fourth-order valence-electron chi connectivity index (χ4n) is 4.70. The first-order valence-corrected chi connectivity index (χ1v) is 16.3. The number of H-pyrrole nitrogens is 2. The number of methoxy groups -OCH3 is 2. The van der Waals surface area contributed by atoms with E-state index in [1.165, 1.54) is 80.9 Å². The predicted octanol–water partition coefficient (Wildman–Crippen LogP) is 8.50. The predicted molar refractivity (Wildman–Crippen MR) is 210 cm³/mol. The van der Waals surface area contributed by atoms with Crippen LogP contribution in [0.25, 0.3) is 22.8 Å². The number of nitrogens with one attached hydrogen (secondary N) is 3. The molecule has 2 heterocycles. The molecule has 6 N–H and O–H groups in total.